The lowest BCUT2D eigenvalue weighted by atomic mass is 9.72. The number of allylic oxidation sites excluding steroid dienone is 5. The Morgan fingerprint density at radius 1 is 1.00 bits per heavy atom. The van der Waals surface area contributed by atoms with Gasteiger partial charge in [-0.25, -0.2) is 0 Å². The van der Waals surface area contributed by atoms with Crippen molar-refractivity contribution in [2.75, 3.05) is 7.11 Å². The smallest absolute Gasteiger partial charge is 0.286 e. The van der Waals surface area contributed by atoms with Crippen LogP contribution in [0.1, 0.15) is 44.4 Å². The van der Waals surface area contributed by atoms with E-state index in [2.05, 4.69) is 58.9 Å². The molecule has 30 heavy (non-hydrogen) atoms. The van der Waals surface area contributed by atoms with Gasteiger partial charge in [0.25, 0.3) is 5.95 Å². The van der Waals surface area contributed by atoms with Crippen LogP contribution in [0.15, 0.2) is 77.3 Å². The van der Waals surface area contributed by atoms with E-state index in [0.717, 1.165) is 28.0 Å². The molecular formula is C27H32O3. The lowest BCUT2D eigenvalue weighted by molar-refractivity contribution is 0.200. The molecule has 0 aromatic heterocycles. The van der Waals surface area contributed by atoms with Crippen molar-refractivity contribution in [3.8, 4) is 11.5 Å². The highest BCUT2D eigenvalue weighted by atomic mass is 16.6. The molecule has 2 aromatic rings. The fourth-order valence-electron chi connectivity index (χ4n) is 4.28. The summed E-state index contributed by atoms with van der Waals surface area (Å²) in [5, 5.41) is 10.7. The van der Waals surface area contributed by atoms with Gasteiger partial charge in [0.2, 0.25) is 0 Å². The summed E-state index contributed by atoms with van der Waals surface area (Å²) in [5.41, 5.74) is 6.41. The second-order valence-corrected chi connectivity index (χ2v) is 8.64. The van der Waals surface area contributed by atoms with Crippen LogP contribution in [-0.2, 0) is 5.41 Å². The number of hydrogen-bond acceptors (Lipinski definition) is 3. The molecule has 0 aliphatic heterocycles. The largest absolute Gasteiger partial charge is 0.496 e. The number of benzene rings is 2. The number of aliphatic hydroxyl groups is 1. The van der Waals surface area contributed by atoms with Gasteiger partial charge in [0.1, 0.15) is 11.5 Å². The maximum atomic E-state index is 10.7. The maximum absolute atomic E-state index is 10.7. The molecule has 0 saturated heterocycles. The van der Waals surface area contributed by atoms with E-state index in [4.69, 9.17) is 9.47 Å². The number of rotatable bonds is 5. The van der Waals surface area contributed by atoms with Crippen LogP contribution < -0.4 is 9.47 Å². The minimum Gasteiger partial charge on any atom is -0.496 e. The number of methoxy groups -OCH3 is 1. The molecule has 2 aromatic carbocycles. The van der Waals surface area contributed by atoms with Crippen LogP contribution >= 0.6 is 0 Å². The topological polar surface area (TPSA) is 38.7 Å². The van der Waals surface area contributed by atoms with Crippen LogP contribution in [0.2, 0.25) is 0 Å². The van der Waals surface area contributed by atoms with Crippen molar-refractivity contribution < 1.29 is 14.6 Å². The first-order valence-electron chi connectivity index (χ1n) is 10.4. The van der Waals surface area contributed by atoms with Crippen molar-refractivity contribution in [1.29, 1.82) is 0 Å². The third-order valence-electron chi connectivity index (χ3n) is 5.98. The standard InChI is InChI=1S/C27H32O3/c1-17-13-21(27(5,6)22-15-19(3)25(29-7)20(4)16-22)14-18(2)24(17)26(28)30-23-11-9-8-10-12-23/h8-17,28H,1-7H3. The molecular weight excluding hydrogens is 372 g/mol. The van der Waals surface area contributed by atoms with E-state index >= 15 is 0 Å². The summed E-state index contributed by atoms with van der Waals surface area (Å²) in [5.74, 6) is 1.57. The van der Waals surface area contributed by atoms with E-state index in [0.29, 0.717) is 5.75 Å². The van der Waals surface area contributed by atoms with Gasteiger partial charge in [0, 0.05) is 16.9 Å². The molecule has 0 amide bonds. The van der Waals surface area contributed by atoms with Crippen LogP contribution in [0.5, 0.6) is 11.5 Å². The molecule has 0 radical (unpaired) electrons. The Balaban J connectivity index is 1.96. The first-order chi connectivity index (χ1) is 14.1. The van der Waals surface area contributed by atoms with Crippen molar-refractivity contribution in [3.63, 3.8) is 0 Å². The normalized spacial score (nSPS) is 18.4. The highest BCUT2D eigenvalue weighted by molar-refractivity contribution is 5.54. The molecule has 158 valence electrons. The second kappa shape index (κ2) is 8.43. The zero-order valence-electron chi connectivity index (χ0n) is 19.0. The zero-order valence-corrected chi connectivity index (χ0v) is 19.0. The molecule has 1 atom stereocenters. The Kier molecular flexibility index (Phi) is 6.12. The molecule has 0 saturated carbocycles. The molecule has 1 unspecified atom stereocenters. The molecule has 3 nitrogen and oxygen atoms in total. The molecule has 1 N–H and O–H groups in total. The minimum absolute atomic E-state index is 0.0355. The third-order valence-corrected chi connectivity index (χ3v) is 5.98. The van der Waals surface area contributed by atoms with Gasteiger partial charge in [-0.1, -0.05) is 63.3 Å². The van der Waals surface area contributed by atoms with Gasteiger partial charge in [-0.15, -0.1) is 0 Å². The SMILES string of the molecule is COc1c(C)cc(C(C)(C)C2=CC(C)C(=C(O)Oc3ccccc3)C(C)=C2)cc1C. The summed E-state index contributed by atoms with van der Waals surface area (Å²) < 4.78 is 11.2. The predicted octanol–water partition coefficient (Wildman–Crippen LogP) is 6.96. The lowest BCUT2D eigenvalue weighted by Gasteiger charge is -2.33. The van der Waals surface area contributed by atoms with E-state index in [1.807, 2.05) is 37.3 Å². The molecule has 0 heterocycles. The van der Waals surface area contributed by atoms with E-state index in [-0.39, 0.29) is 17.3 Å². The quantitative estimate of drug-likeness (QED) is 0.547. The van der Waals surface area contributed by atoms with Crippen LogP contribution in [0.25, 0.3) is 0 Å². The molecule has 1 aliphatic rings. The van der Waals surface area contributed by atoms with Crippen molar-refractivity contribution in [1.82, 2.24) is 0 Å². The number of para-hydroxylation sites is 1. The van der Waals surface area contributed by atoms with Crippen LogP contribution in [0, 0.1) is 19.8 Å². The number of aryl methyl sites for hydroxylation is 2. The van der Waals surface area contributed by atoms with Gasteiger partial charge in [0.15, 0.2) is 0 Å². The Morgan fingerprint density at radius 2 is 1.60 bits per heavy atom. The van der Waals surface area contributed by atoms with Crippen LogP contribution in [-0.4, -0.2) is 12.2 Å². The summed E-state index contributed by atoms with van der Waals surface area (Å²) in [7, 11) is 1.72. The van der Waals surface area contributed by atoms with E-state index in [1.54, 1.807) is 7.11 Å². The molecule has 3 rings (SSSR count). The van der Waals surface area contributed by atoms with Crippen LogP contribution in [0.4, 0.5) is 0 Å². The molecule has 0 bridgehead atoms. The third kappa shape index (κ3) is 4.16. The lowest BCUT2D eigenvalue weighted by Crippen LogP contribution is -2.23. The average Bonchev–Trinajstić information content (AvgIpc) is 2.67. The first-order valence-corrected chi connectivity index (χ1v) is 10.4. The van der Waals surface area contributed by atoms with E-state index in [1.165, 1.54) is 11.1 Å². The van der Waals surface area contributed by atoms with E-state index in [9.17, 15) is 5.11 Å². The van der Waals surface area contributed by atoms with Crippen molar-refractivity contribution in [2.24, 2.45) is 5.92 Å². The van der Waals surface area contributed by atoms with Gasteiger partial charge in [-0.3, -0.25) is 0 Å². The molecule has 0 spiro atoms. The number of aliphatic hydroxyl groups excluding tert-OH is 1. The van der Waals surface area contributed by atoms with Crippen molar-refractivity contribution >= 4 is 0 Å². The fraction of sp³-hybridized carbons (Fsp3) is 0.333. The fourth-order valence-corrected chi connectivity index (χ4v) is 4.28. The monoisotopic (exact) mass is 404 g/mol. The summed E-state index contributed by atoms with van der Waals surface area (Å²) in [6.45, 7) is 12.8. The van der Waals surface area contributed by atoms with Crippen molar-refractivity contribution in [3.05, 3.63) is 94.0 Å². The molecule has 1 aliphatic carbocycles. The number of hydrogen-bond donors (Lipinski definition) is 1. The Morgan fingerprint density at radius 3 is 2.13 bits per heavy atom. The zero-order chi connectivity index (χ0) is 22.1. The second-order valence-electron chi connectivity index (χ2n) is 8.64. The predicted molar refractivity (Wildman–Crippen MR) is 123 cm³/mol. The Labute approximate surface area is 180 Å². The van der Waals surface area contributed by atoms with E-state index < -0.39 is 0 Å². The Bertz CT molecular complexity index is 1000. The van der Waals surface area contributed by atoms with Gasteiger partial charge in [0.05, 0.1) is 7.11 Å². The summed E-state index contributed by atoms with van der Waals surface area (Å²) >= 11 is 0. The Hall–Kier alpha value is -2.94. The summed E-state index contributed by atoms with van der Waals surface area (Å²) in [6, 6.07) is 13.8. The van der Waals surface area contributed by atoms with Gasteiger partial charge in [-0.05, 0) is 60.7 Å². The van der Waals surface area contributed by atoms with Gasteiger partial charge in [-0.2, -0.15) is 0 Å². The first kappa shape index (κ1) is 21.8. The van der Waals surface area contributed by atoms with Gasteiger partial charge < -0.3 is 14.6 Å². The highest BCUT2D eigenvalue weighted by Gasteiger charge is 2.30. The molecule has 0 fully saturated rings. The maximum Gasteiger partial charge on any atom is 0.286 e. The summed E-state index contributed by atoms with van der Waals surface area (Å²) in [4.78, 5) is 0. The van der Waals surface area contributed by atoms with Crippen LogP contribution in [0.3, 0.4) is 0 Å². The van der Waals surface area contributed by atoms with Crippen molar-refractivity contribution in [2.45, 2.75) is 47.0 Å². The number of ether oxygens (including phenoxy) is 2. The van der Waals surface area contributed by atoms with Gasteiger partial charge >= 0.3 is 0 Å². The summed E-state index contributed by atoms with van der Waals surface area (Å²) in [6.07, 6.45) is 4.39. The average molecular weight is 405 g/mol. The highest BCUT2D eigenvalue weighted by Crippen LogP contribution is 2.41. The molecule has 3 heteroatoms. The minimum atomic E-state index is -0.182.